The molecule has 0 saturated carbocycles. The SMILES string of the molecule is O=C(c1cc(C(F)(F)F)cc(C(F)(F)F)c1)C1(CCOS(=O)(=O)c2ccc(Cl)cc2)CCCN(c2ccc(Cl)c(Cl)c2)C1. The van der Waals surface area contributed by atoms with E-state index < -0.39 is 57.0 Å². The van der Waals surface area contributed by atoms with Crippen LogP contribution in [0.4, 0.5) is 32.0 Å². The zero-order valence-electron chi connectivity index (χ0n) is 21.9. The number of carbonyl (C=O) groups is 1. The molecule has 1 aliphatic heterocycles. The fraction of sp³-hybridized carbons (Fsp3) is 0.321. The van der Waals surface area contributed by atoms with Gasteiger partial charge in [-0.05, 0) is 79.9 Å². The molecule has 43 heavy (non-hydrogen) atoms. The largest absolute Gasteiger partial charge is 0.416 e. The van der Waals surface area contributed by atoms with E-state index in [0.717, 1.165) is 0 Å². The van der Waals surface area contributed by atoms with Crippen LogP contribution in [0, 0.1) is 5.41 Å². The predicted octanol–water partition coefficient (Wildman–Crippen LogP) is 8.95. The van der Waals surface area contributed by atoms with Crippen molar-refractivity contribution in [1.29, 1.82) is 0 Å². The second-order valence-electron chi connectivity index (χ2n) is 10.0. The lowest BCUT2D eigenvalue weighted by Crippen LogP contribution is -2.48. The highest BCUT2D eigenvalue weighted by molar-refractivity contribution is 7.86. The van der Waals surface area contributed by atoms with Gasteiger partial charge in [-0.3, -0.25) is 8.98 Å². The summed E-state index contributed by atoms with van der Waals surface area (Å²) in [5, 5.41) is 0.702. The number of hydrogen-bond donors (Lipinski definition) is 0. The lowest BCUT2D eigenvalue weighted by molar-refractivity contribution is -0.143. The van der Waals surface area contributed by atoms with E-state index in [1.165, 1.54) is 36.4 Å². The fourth-order valence-corrected chi connectivity index (χ4v) is 6.27. The Morgan fingerprint density at radius 2 is 1.47 bits per heavy atom. The van der Waals surface area contributed by atoms with Crippen molar-refractivity contribution in [2.75, 3.05) is 24.6 Å². The summed E-state index contributed by atoms with van der Waals surface area (Å²) in [6, 6.07) is 10.4. The van der Waals surface area contributed by atoms with Crippen LogP contribution in [0.1, 0.15) is 40.7 Å². The lowest BCUT2D eigenvalue weighted by atomic mass is 9.71. The molecule has 0 amide bonds. The third kappa shape index (κ3) is 7.78. The zero-order chi connectivity index (χ0) is 31.8. The van der Waals surface area contributed by atoms with Crippen LogP contribution in [0.15, 0.2) is 65.6 Å². The van der Waals surface area contributed by atoms with Crippen molar-refractivity contribution in [1.82, 2.24) is 0 Å². The van der Waals surface area contributed by atoms with Crippen LogP contribution in [0.2, 0.25) is 15.1 Å². The first-order valence-electron chi connectivity index (χ1n) is 12.6. The molecule has 0 bridgehead atoms. The van der Waals surface area contributed by atoms with E-state index in [4.69, 9.17) is 39.0 Å². The molecule has 1 saturated heterocycles. The first kappa shape index (κ1) is 33.4. The average molecular weight is 689 g/mol. The fourth-order valence-electron chi connectivity index (χ4n) is 4.95. The van der Waals surface area contributed by atoms with Crippen molar-refractivity contribution < 1.29 is 43.7 Å². The summed E-state index contributed by atoms with van der Waals surface area (Å²) in [7, 11) is -4.34. The predicted molar refractivity (Wildman–Crippen MR) is 150 cm³/mol. The molecule has 15 heteroatoms. The lowest BCUT2D eigenvalue weighted by Gasteiger charge is -2.43. The smallest absolute Gasteiger partial charge is 0.370 e. The van der Waals surface area contributed by atoms with Crippen LogP contribution in [0.3, 0.4) is 0 Å². The molecule has 1 aliphatic rings. The normalized spacial score (nSPS) is 18.1. The van der Waals surface area contributed by atoms with Crippen LogP contribution in [0.5, 0.6) is 0 Å². The third-order valence-electron chi connectivity index (χ3n) is 7.10. The highest BCUT2D eigenvalue weighted by Crippen LogP contribution is 2.42. The summed E-state index contributed by atoms with van der Waals surface area (Å²) in [4.78, 5) is 15.5. The topological polar surface area (TPSA) is 63.7 Å². The average Bonchev–Trinajstić information content (AvgIpc) is 2.93. The molecule has 5 nitrogen and oxygen atoms in total. The molecule has 1 atom stereocenters. The Balaban J connectivity index is 1.74. The number of alkyl halides is 6. The van der Waals surface area contributed by atoms with Crippen molar-refractivity contribution in [2.24, 2.45) is 5.41 Å². The van der Waals surface area contributed by atoms with Gasteiger partial charge in [-0.1, -0.05) is 34.8 Å². The number of piperidine rings is 1. The van der Waals surface area contributed by atoms with Gasteiger partial charge in [0.15, 0.2) is 5.78 Å². The Hall–Kier alpha value is -2.51. The second-order valence-corrected chi connectivity index (χ2v) is 12.9. The molecule has 0 aromatic heterocycles. The zero-order valence-corrected chi connectivity index (χ0v) is 25.0. The first-order valence-corrected chi connectivity index (χ1v) is 15.1. The van der Waals surface area contributed by atoms with Crippen LogP contribution in [-0.4, -0.2) is 33.9 Å². The molecular weight excluding hydrogens is 667 g/mol. The Morgan fingerprint density at radius 1 is 0.860 bits per heavy atom. The molecular formula is C28H22Cl3F6NO4S. The molecule has 0 aliphatic carbocycles. The number of carbonyl (C=O) groups excluding carboxylic acids is 1. The van der Waals surface area contributed by atoms with Crippen LogP contribution in [-0.2, 0) is 26.7 Å². The summed E-state index contributed by atoms with van der Waals surface area (Å²) in [5.41, 5.74) is -5.22. The molecule has 1 heterocycles. The number of Topliss-reactive ketones (excluding diaryl/α,β-unsaturated/α-hetero) is 1. The van der Waals surface area contributed by atoms with Crippen LogP contribution >= 0.6 is 34.8 Å². The van der Waals surface area contributed by atoms with E-state index in [1.807, 2.05) is 0 Å². The maximum absolute atomic E-state index is 14.0. The maximum Gasteiger partial charge on any atom is 0.416 e. The Kier molecular flexibility index (Phi) is 9.68. The van der Waals surface area contributed by atoms with E-state index in [9.17, 15) is 39.6 Å². The molecule has 232 valence electrons. The summed E-state index contributed by atoms with van der Waals surface area (Å²) in [6.45, 7) is -0.393. The van der Waals surface area contributed by atoms with Gasteiger partial charge in [0.05, 0.1) is 38.1 Å². The van der Waals surface area contributed by atoms with E-state index >= 15 is 0 Å². The van der Waals surface area contributed by atoms with Gasteiger partial charge in [0.1, 0.15) is 0 Å². The Bertz CT molecular complexity index is 1580. The van der Waals surface area contributed by atoms with Gasteiger partial charge in [0, 0.05) is 29.4 Å². The molecule has 3 aromatic carbocycles. The summed E-state index contributed by atoms with van der Waals surface area (Å²) in [6.07, 6.45) is -10.4. The van der Waals surface area contributed by atoms with Gasteiger partial charge in [-0.2, -0.15) is 34.8 Å². The first-order chi connectivity index (χ1) is 19.9. The monoisotopic (exact) mass is 687 g/mol. The summed E-state index contributed by atoms with van der Waals surface area (Å²) < 4.78 is 112. The van der Waals surface area contributed by atoms with Gasteiger partial charge in [0.25, 0.3) is 10.1 Å². The quantitative estimate of drug-likeness (QED) is 0.134. The number of nitrogens with zero attached hydrogens (tertiary/aromatic N) is 1. The standard InChI is InChI=1S/C28H22Cl3F6NO4S/c29-20-2-5-22(6-3-20)43(40,41)42-11-9-26(8-1-10-38(16-26)21-4-7-23(30)24(31)15-21)25(39)17-12-18(27(32,33)34)14-19(13-17)28(35,36)37/h2-7,12-15H,1,8-11,16H2. The number of hydrogen-bond acceptors (Lipinski definition) is 5. The minimum Gasteiger partial charge on any atom is -0.370 e. The summed E-state index contributed by atoms with van der Waals surface area (Å²) >= 11 is 18.0. The number of anilines is 1. The number of ketones is 1. The molecule has 0 radical (unpaired) electrons. The van der Waals surface area contributed by atoms with Gasteiger partial charge < -0.3 is 4.90 Å². The molecule has 3 aromatic rings. The highest BCUT2D eigenvalue weighted by Gasteiger charge is 2.45. The van der Waals surface area contributed by atoms with Gasteiger partial charge in [-0.15, -0.1) is 0 Å². The van der Waals surface area contributed by atoms with Crippen LogP contribution in [0.25, 0.3) is 0 Å². The van der Waals surface area contributed by atoms with Gasteiger partial charge >= 0.3 is 12.4 Å². The molecule has 0 spiro atoms. The highest BCUT2D eigenvalue weighted by atomic mass is 35.5. The minimum absolute atomic E-state index is 0.0333. The van der Waals surface area contributed by atoms with Crippen molar-refractivity contribution in [3.63, 3.8) is 0 Å². The maximum atomic E-state index is 14.0. The summed E-state index contributed by atoms with van der Waals surface area (Å²) in [5.74, 6) is -1.01. The molecule has 1 unspecified atom stereocenters. The third-order valence-corrected chi connectivity index (χ3v) is 9.42. The number of halogens is 9. The van der Waals surface area contributed by atoms with Crippen molar-refractivity contribution in [3.05, 3.63) is 92.4 Å². The molecule has 4 rings (SSSR count). The molecule has 0 N–H and O–H groups in total. The Labute approximate surface area is 258 Å². The van der Waals surface area contributed by atoms with Crippen molar-refractivity contribution in [2.45, 2.75) is 36.5 Å². The minimum atomic E-state index is -5.17. The number of benzene rings is 3. The van der Waals surface area contributed by atoms with Crippen LogP contribution < -0.4 is 4.90 Å². The van der Waals surface area contributed by atoms with Crippen molar-refractivity contribution in [3.8, 4) is 0 Å². The Morgan fingerprint density at radius 3 is 2.02 bits per heavy atom. The molecule has 1 fully saturated rings. The van der Waals surface area contributed by atoms with Gasteiger partial charge in [0.2, 0.25) is 0 Å². The van der Waals surface area contributed by atoms with Gasteiger partial charge in [-0.25, -0.2) is 0 Å². The number of rotatable bonds is 8. The van der Waals surface area contributed by atoms with E-state index in [1.54, 1.807) is 11.0 Å². The van der Waals surface area contributed by atoms with E-state index in [-0.39, 0.29) is 45.4 Å². The second kappa shape index (κ2) is 12.5. The van der Waals surface area contributed by atoms with E-state index in [2.05, 4.69) is 0 Å². The van der Waals surface area contributed by atoms with Crippen molar-refractivity contribution >= 4 is 56.4 Å². The van der Waals surface area contributed by atoms with E-state index in [0.29, 0.717) is 30.8 Å².